The molecule has 1 amide bonds. The summed E-state index contributed by atoms with van der Waals surface area (Å²) >= 11 is 0. The van der Waals surface area contributed by atoms with Crippen LogP contribution >= 0.6 is 0 Å². The van der Waals surface area contributed by atoms with Crippen LogP contribution in [0.4, 0.5) is 5.69 Å². The van der Waals surface area contributed by atoms with E-state index in [-0.39, 0.29) is 46.2 Å². The van der Waals surface area contributed by atoms with E-state index >= 15 is 0 Å². The van der Waals surface area contributed by atoms with Gasteiger partial charge in [0.1, 0.15) is 28.7 Å². The zero-order valence-electron chi connectivity index (χ0n) is 18.0. The van der Waals surface area contributed by atoms with Gasteiger partial charge in [0.15, 0.2) is 0 Å². The van der Waals surface area contributed by atoms with Gasteiger partial charge in [-0.1, -0.05) is 5.16 Å². The maximum Gasteiger partial charge on any atom is 0.290 e. The summed E-state index contributed by atoms with van der Waals surface area (Å²) < 4.78 is 11.2. The molecule has 1 aromatic heterocycles. The molecule has 2 aromatic carbocycles. The van der Waals surface area contributed by atoms with Gasteiger partial charge >= 0.3 is 0 Å². The Bertz CT molecular complexity index is 1090. The van der Waals surface area contributed by atoms with Crippen LogP contribution in [-0.2, 0) is 0 Å². The van der Waals surface area contributed by atoms with E-state index in [1.165, 1.54) is 18.2 Å². The summed E-state index contributed by atoms with van der Waals surface area (Å²) in [6.45, 7) is 1.70. The van der Waals surface area contributed by atoms with Gasteiger partial charge in [-0.25, -0.2) is 0 Å². The monoisotopic (exact) mass is 438 g/mol. The number of piperidine rings is 1. The molecule has 9 nitrogen and oxygen atoms in total. The van der Waals surface area contributed by atoms with E-state index < -0.39 is 0 Å². The summed E-state index contributed by atoms with van der Waals surface area (Å²) in [6.07, 6.45) is 1.69. The number of carbonyl (C=O) groups excluding carboxylic acids is 1. The van der Waals surface area contributed by atoms with Crippen molar-refractivity contribution >= 4 is 11.6 Å². The van der Waals surface area contributed by atoms with Crippen LogP contribution in [0.5, 0.6) is 23.0 Å². The van der Waals surface area contributed by atoms with Crippen molar-refractivity contribution in [3.05, 3.63) is 48.2 Å². The molecule has 2 heterocycles. The summed E-state index contributed by atoms with van der Waals surface area (Å²) in [6, 6.07) is 11.4. The minimum absolute atomic E-state index is 0.0345. The third-order valence-electron chi connectivity index (χ3n) is 5.31. The number of rotatable bonds is 6. The van der Waals surface area contributed by atoms with E-state index in [9.17, 15) is 15.0 Å². The van der Waals surface area contributed by atoms with E-state index in [1.54, 1.807) is 12.1 Å². The van der Waals surface area contributed by atoms with Crippen molar-refractivity contribution in [3.8, 4) is 34.3 Å². The summed E-state index contributed by atoms with van der Waals surface area (Å²) in [5.41, 5.74) is 1.43. The number of carbonyl (C=O) groups is 1. The van der Waals surface area contributed by atoms with Crippen LogP contribution in [0.25, 0.3) is 11.3 Å². The van der Waals surface area contributed by atoms with Gasteiger partial charge in [-0.2, -0.15) is 0 Å². The van der Waals surface area contributed by atoms with E-state index in [1.807, 2.05) is 31.1 Å². The number of hydrogen-bond acceptors (Lipinski definition) is 8. The molecular weight excluding hydrogens is 412 g/mol. The molecule has 4 rings (SSSR count). The lowest BCUT2D eigenvalue weighted by Gasteiger charge is -2.22. The Balaban J connectivity index is 1.59. The largest absolute Gasteiger partial charge is 0.508 e. The second kappa shape index (κ2) is 9.19. The molecule has 32 heavy (non-hydrogen) atoms. The van der Waals surface area contributed by atoms with Crippen LogP contribution in [0.15, 0.2) is 47.0 Å². The van der Waals surface area contributed by atoms with Crippen LogP contribution in [0.3, 0.4) is 0 Å². The second-order valence-corrected chi connectivity index (χ2v) is 7.90. The fraction of sp³-hybridized carbons (Fsp3) is 0.304. The van der Waals surface area contributed by atoms with Crippen molar-refractivity contribution in [2.45, 2.75) is 18.9 Å². The van der Waals surface area contributed by atoms with Crippen molar-refractivity contribution in [3.63, 3.8) is 0 Å². The molecule has 0 spiro atoms. The molecule has 0 atom stereocenters. The molecule has 1 aliphatic heterocycles. The van der Waals surface area contributed by atoms with Crippen molar-refractivity contribution < 1.29 is 24.3 Å². The zero-order chi connectivity index (χ0) is 22.7. The lowest BCUT2D eigenvalue weighted by atomic mass is 10.1. The zero-order valence-corrected chi connectivity index (χ0v) is 18.0. The van der Waals surface area contributed by atoms with E-state index in [4.69, 9.17) is 9.26 Å². The Morgan fingerprint density at radius 3 is 2.56 bits per heavy atom. The molecular formula is C23H26N4O5. The molecule has 4 N–H and O–H groups in total. The predicted molar refractivity (Wildman–Crippen MR) is 119 cm³/mol. The third-order valence-corrected chi connectivity index (χ3v) is 5.31. The average Bonchev–Trinajstić information content (AvgIpc) is 3.24. The molecule has 0 unspecified atom stereocenters. The molecule has 1 fully saturated rings. The Morgan fingerprint density at radius 1 is 1.16 bits per heavy atom. The summed E-state index contributed by atoms with van der Waals surface area (Å²) in [7, 11) is 3.87. The summed E-state index contributed by atoms with van der Waals surface area (Å²) in [5.74, 6) is -0.0575. The summed E-state index contributed by atoms with van der Waals surface area (Å²) in [4.78, 5) is 14.5. The second-order valence-electron chi connectivity index (χ2n) is 7.90. The van der Waals surface area contributed by atoms with Gasteiger partial charge in [-0.05, 0) is 50.2 Å². The third kappa shape index (κ3) is 4.78. The minimum atomic E-state index is -0.365. The topological polar surface area (TPSA) is 120 Å². The highest BCUT2D eigenvalue weighted by Crippen LogP contribution is 2.42. The number of amides is 1. The highest BCUT2D eigenvalue weighted by Gasteiger charge is 2.23. The Hall–Kier alpha value is -3.72. The molecule has 0 radical (unpaired) electrons. The highest BCUT2D eigenvalue weighted by atomic mass is 16.5. The number of anilines is 1. The van der Waals surface area contributed by atoms with Gasteiger partial charge in [-0.15, -0.1) is 0 Å². The normalized spacial score (nSPS) is 14.2. The lowest BCUT2D eigenvalue weighted by Crippen LogP contribution is -2.42. The van der Waals surface area contributed by atoms with Crippen molar-refractivity contribution in [1.82, 2.24) is 15.8 Å². The van der Waals surface area contributed by atoms with Crippen LogP contribution in [0.2, 0.25) is 0 Å². The Morgan fingerprint density at radius 2 is 1.88 bits per heavy atom. The van der Waals surface area contributed by atoms with Crippen molar-refractivity contribution in [2.24, 2.45) is 0 Å². The molecule has 168 valence electrons. The quantitative estimate of drug-likeness (QED) is 0.463. The molecule has 9 heteroatoms. The number of nitrogens with zero attached hydrogens (tertiary/aromatic N) is 2. The van der Waals surface area contributed by atoms with Gasteiger partial charge < -0.3 is 35.0 Å². The highest BCUT2D eigenvalue weighted by molar-refractivity contribution is 5.93. The van der Waals surface area contributed by atoms with Crippen LogP contribution in [0, 0.1) is 0 Å². The van der Waals surface area contributed by atoms with Gasteiger partial charge in [0.25, 0.3) is 5.91 Å². The smallest absolute Gasteiger partial charge is 0.290 e. The first-order valence-electron chi connectivity index (χ1n) is 10.4. The minimum Gasteiger partial charge on any atom is -0.508 e. The van der Waals surface area contributed by atoms with Crippen molar-refractivity contribution in [2.75, 3.05) is 32.1 Å². The number of phenols is 2. The van der Waals surface area contributed by atoms with Crippen LogP contribution in [0.1, 0.15) is 23.4 Å². The maximum atomic E-state index is 12.6. The fourth-order valence-corrected chi connectivity index (χ4v) is 3.59. The molecule has 1 saturated heterocycles. The van der Waals surface area contributed by atoms with Crippen LogP contribution in [-0.4, -0.2) is 54.5 Å². The number of aromatic nitrogens is 1. The maximum absolute atomic E-state index is 12.6. The van der Waals surface area contributed by atoms with Gasteiger partial charge in [0, 0.05) is 44.0 Å². The number of aromatic hydroxyl groups is 2. The summed E-state index contributed by atoms with van der Waals surface area (Å²) in [5, 5.41) is 30.6. The lowest BCUT2D eigenvalue weighted by molar-refractivity contribution is 0.0892. The standard InChI is InChI=1S/C23H26N4O5/c1-27(2)15-3-5-17(6-4-15)31-20-12-16(28)11-19(29)22(20)18-13-21(32-26-18)23(30)25-14-7-9-24-10-8-14/h3-6,11-14,24,28-29H,7-10H2,1-2H3,(H,25,30). The molecule has 0 bridgehead atoms. The number of phenolic OH excluding ortho intramolecular Hbond substituents is 2. The van der Waals surface area contributed by atoms with Crippen molar-refractivity contribution in [1.29, 1.82) is 0 Å². The van der Waals surface area contributed by atoms with Gasteiger partial charge in [-0.3, -0.25) is 4.79 Å². The Kier molecular flexibility index (Phi) is 6.18. The number of nitrogens with one attached hydrogen (secondary N) is 2. The van der Waals surface area contributed by atoms with E-state index in [2.05, 4.69) is 15.8 Å². The number of hydrogen-bond donors (Lipinski definition) is 4. The number of ether oxygens (including phenoxy) is 1. The predicted octanol–water partition coefficient (Wildman–Crippen LogP) is 3.09. The molecule has 3 aromatic rings. The van der Waals surface area contributed by atoms with Gasteiger partial charge in [0.2, 0.25) is 5.76 Å². The molecule has 1 aliphatic rings. The first kappa shape index (κ1) is 21.5. The molecule has 0 saturated carbocycles. The van der Waals surface area contributed by atoms with E-state index in [0.29, 0.717) is 5.75 Å². The first-order chi connectivity index (χ1) is 15.4. The molecule has 0 aliphatic carbocycles. The first-order valence-corrected chi connectivity index (χ1v) is 10.4. The number of benzene rings is 2. The SMILES string of the molecule is CN(C)c1ccc(Oc2cc(O)cc(O)c2-c2cc(C(=O)NC3CCNCC3)on2)cc1. The average molecular weight is 438 g/mol. The Labute approximate surface area is 185 Å². The van der Waals surface area contributed by atoms with Gasteiger partial charge in [0.05, 0.1) is 5.56 Å². The van der Waals surface area contributed by atoms with Crippen LogP contribution < -0.4 is 20.3 Å². The fourth-order valence-electron chi connectivity index (χ4n) is 3.59. The van der Waals surface area contributed by atoms with E-state index in [0.717, 1.165) is 31.6 Å².